The summed E-state index contributed by atoms with van der Waals surface area (Å²) in [5.41, 5.74) is -0.506. The van der Waals surface area contributed by atoms with Gasteiger partial charge in [-0.05, 0) is 32.7 Å². The fourth-order valence-corrected chi connectivity index (χ4v) is 4.89. The van der Waals surface area contributed by atoms with Crippen molar-refractivity contribution < 1.29 is 33.1 Å². The van der Waals surface area contributed by atoms with Crippen LogP contribution in [-0.4, -0.2) is 47.0 Å². The Morgan fingerprint density at radius 3 is 2.57 bits per heavy atom. The highest BCUT2D eigenvalue weighted by atomic mass is 31.2. The Morgan fingerprint density at radius 1 is 1.27 bits per heavy atom. The summed E-state index contributed by atoms with van der Waals surface area (Å²) >= 11 is 0. The van der Waals surface area contributed by atoms with Crippen LogP contribution >= 0.6 is 7.60 Å². The van der Waals surface area contributed by atoms with E-state index in [4.69, 9.17) is 9.26 Å². The third kappa shape index (κ3) is 7.13. The molecule has 3 unspecified atom stereocenters. The minimum atomic E-state index is -4.33. The molecular weight excluding hydrogens is 409 g/mol. The molecule has 1 aromatic carbocycles. The van der Waals surface area contributed by atoms with Gasteiger partial charge < -0.3 is 14.9 Å². The standard InChI is InChI=1S/C21H30NO7P/c1-3-4-11-17(14-19(23)16-9-6-5-7-10-16)30(26,27)29-15(2)20(24)28-21(25)18-12-8-13-22-18/h5-7,9-10,15,17-18,22H,3-4,8,11-14H2,1-2H3,(H,26,27)/t15?,17?,18-/m0/s1. The first-order chi connectivity index (χ1) is 14.2. The maximum absolute atomic E-state index is 12.9. The Morgan fingerprint density at radius 2 is 1.97 bits per heavy atom. The molecule has 1 fully saturated rings. The van der Waals surface area contributed by atoms with Crippen LogP contribution in [0.25, 0.3) is 0 Å². The molecule has 1 saturated heterocycles. The maximum Gasteiger partial charge on any atom is 0.343 e. The summed E-state index contributed by atoms with van der Waals surface area (Å²) in [6.45, 7) is 3.86. The number of ether oxygens (including phenoxy) is 1. The molecule has 2 rings (SSSR count). The number of nitrogens with one attached hydrogen (secondary N) is 1. The van der Waals surface area contributed by atoms with Gasteiger partial charge in [-0.2, -0.15) is 0 Å². The summed E-state index contributed by atoms with van der Waals surface area (Å²) < 4.78 is 22.9. The molecule has 1 aromatic rings. The van der Waals surface area contributed by atoms with Crippen molar-refractivity contribution >= 4 is 25.3 Å². The number of esters is 2. The van der Waals surface area contributed by atoms with Crippen molar-refractivity contribution in [2.24, 2.45) is 0 Å². The van der Waals surface area contributed by atoms with Crippen LogP contribution in [0.3, 0.4) is 0 Å². The fourth-order valence-electron chi connectivity index (χ4n) is 3.27. The van der Waals surface area contributed by atoms with Gasteiger partial charge in [0, 0.05) is 12.0 Å². The van der Waals surface area contributed by atoms with Gasteiger partial charge in [0.2, 0.25) is 0 Å². The van der Waals surface area contributed by atoms with Crippen molar-refractivity contribution in [3.63, 3.8) is 0 Å². The molecule has 2 N–H and O–H groups in total. The van der Waals surface area contributed by atoms with E-state index in [0.717, 1.165) is 12.8 Å². The van der Waals surface area contributed by atoms with E-state index in [1.807, 2.05) is 6.92 Å². The number of carbonyl (C=O) groups excluding carboxylic acids is 3. The van der Waals surface area contributed by atoms with E-state index < -0.39 is 37.3 Å². The van der Waals surface area contributed by atoms with Crippen LogP contribution in [0.1, 0.15) is 62.7 Å². The van der Waals surface area contributed by atoms with Crippen molar-refractivity contribution in [3.05, 3.63) is 35.9 Å². The van der Waals surface area contributed by atoms with E-state index >= 15 is 0 Å². The van der Waals surface area contributed by atoms with Crippen LogP contribution in [-0.2, 0) is 23.4 Å². The molecule has 0 saturated carbocycles. The normalized spacial score (nSPS) is 20.2. The Labute approximate surface area is 176 Å². The van der Waals surface area contributed by atoms with Crippen LogP contribution in [0, 0.1) is 0 Å². The molecule has 8 nitrogen and oxygen atoms in total. The number of carbonyl (C=O) groups is 3. The summed E-state index contributed by atoms with van der Waals surface area (Å²) in [6.07, 6.45) is 1.49. The summed E-state index contributed by atoms with van der Waals surface area (Å²) in [6, 6.07) is 7.95. The minimum Gasteiger partial charge on any atom is -0.390 e. The quantitative estimate of drug-likeness (QED) is 0.233. The molecule has 166 valence electrons. The van der Waals surface area contributed by atoms with Gasteiger partial charge >= 0.3 is 19.5 Å². The topological polar surface area (TPSA) is 119 Å². The van der Waals surface area contributed by atoms with Gasteiger partial charge in [-0.25, -0.2) is 9.59 Å². The molecule has 0 aliphatic carbocycles. The van der Waals surface area contributed by atoms with Crippen molar-refractivity contribution in [1.29, 1.82) is 0 Å². The zero-order valence-electron chi connectivity index (χ0n) is 17.4. The molecule has 9 heteroatoms. The second kappa shape index (κ2) is 11.5. The Balaban J connectivity index is 2.01. The number of hydrogen-bond acceptors (Lipinski definition) is 7. The van der Waals surface area contributed by atoms with Gasteiger partial charge in [0.05, 0.1) is 5.66 Å². The molecule has 0 amide bonds. The molecule has 0 spiro atoms. The molecule has 4 atom stereocenters. The number of hydrogen-bond donors (Lipinski definition) is 2. The SMILES string of the molecule is CCCCC(CC(=O)c1ccccc1)P(=O)(O)OC(C)C(=O)OC(=O)[C@@H]1CCCN1. The first-order valence-electron chi connectivity index (χ1n) is 10.3. The van der Waals surface area contributed by atoms with Gasteiger partial charge in [0.1, 0.15) is 6.04 Å². The van der Waals surface area contributed by atoms with Crippen molar-refractivity contribution in [2.45, 2.75) is 70.2 Å². The van der Waals surface area contributed by atoms with E-state index in [0.29, 0.717) is 31.4 Å². The van der Waals surface area contributed by atoms with Crippen LogP contribution < -0.4 is 5.32 Å². The van der Waals surface area contributed by atoms with Crippen LogP contribution in [0.2, 0.25) is 0 Å². The van der Waals surface area contributed by atoms with Gasteiger partial charge in [-0.15, -0.1) is 0 Å². The maximum atomic E-state index is 12.9. The van der Waals surface area contributed by atoms with Crippen LogP contribution in [0.4, 0.5) is 0 Å². The smallest absolute Gasteiger partial charge is 0.343 e. The summed E-state index contributed by atoms with van der Waals surface area (Å²) in [5, 5.41) is 2.92. The minimum absolute atomic E-state index is 0.176. The lowest BCUT2D eigenvalue weighted by molar-refractivity contribution is -0.165. The van der Waals surface area contributed by atoms with Crippen molar-refractivity contribution in [1.82, 2.24) is 5.32 Å². The number of ketones is 1. The average molecular weight is 439 g/mol. The third-order valence-electron chi connectivity index (χ3n) is 5.06. The fraction of sp³-hybridized carbons (Fsp3) is 0.571. The number of benzene rings is 1. The first-order valence-corrected chi connectivity index (χ1v) is 12.0. The lowest BCUT2D eigenvalue weighted by Crippen LogP contribution is -2.36. The van der Waals surface area contributed by atoms with Gasteiger partial charge in [0.25, 0.3) is 0 Å². The Kier molecular flexibility index (Phi) is 9.37. The number of unbranched alkanes of at least 4 members (excludes halogenated alkanes) is 1. The second-order valence-electron chi connectivity index (χ2n) is 7.49. The highest BCUT2D eigenvalue weighted by Crippen LogP contribution is 2.52. The van der Waals surface area contributed by atoms with Gasteiger partial charge in [-0.3, -0.25) is 13.9 Å². The highest BCUT2D eigenvalue weighted by Gasteiger charge is 2.38. The molecule has 0 radical (unpaired) electrons. The van der Waals surface area contributed by atoms with E-state index in [1.165, 1.54) is 6.92 Å². The highest BCUT2D eigenvalue weighted by molar-refractivity contribution is 7.53. The molecule has 30 heavy (non-hydrogen) atoms. The second-order valence-corrected chi connectivity index (χ2v) is 9.56. The van der Waals surface area contributed by atoms with Gasteiger partial charge in [0.15, 0.2) is 11.9 Å². The first kappa shape index (κ1) is 24.4. The summed E-state index contributed by atoms with van der Waals surface area (Å²) in [4.78, 5) is 47.2. The Hall–Kier alpha value is -1.86. The van der Waals surface area contributed by atoms with Crippen LogP contribution in [0.5, 0.6) is 0 Å². The number of Topliss-reactive ketones (excluding diaryl/α,β-unsaturated/α-hetero) is 1. The zero-order chi connectivity index (χ0) is 22.1. The van der Waals surface area contributed by atoms with Gasteiger partial charge in [-0.1, -0.05) is 50.1 Å². The van der Waals surface area contributed by atoms with Crippen molar-refractivity contribution in [2.75, 3.05) is 6.54 Å². The monoisotopic (exact) mass is 439 g/mol. The Bertz CT molecular complexity index is 777. The largest absolute Gasteiger partial charge is 0.390 e. The molecule has 1 aliphatic rings. The summed E-state index contributed by atoms with van der Waals surface area (Å²) in [7, 11) is -4.33. The predicted molar refractivity (Wildman–Crippen MR) is 111 cm³/mol. The van der Waals surface area contributed by atoms with E-state index in [9.17, 15) is 23.8 Å². The molecule has 0 bridgehead atoms. The molecule has 0 aromatic heterocycles. The summed E-state index contributed by atoms with van der Waals surface area (Å²) in [5.74, 6) is -2.01. The molecule has 1 heterocycles. The number of rotatable bonds is 11. The lowest BCUT2D eigenvalue weighted by atomic mass is 10.0. The molecular formula is C21H30NO7P. The zero-order valence-corrected chi connectivity index (χ0v) is 18.3. The lowest BCUT2D eigenvalue weighted by Gasteiger charge is -2.24. The third-order valence-corrected chi connectivity index (χ3v) is 7.04. The van der Waals surface area contributed by atoms with E-state index in [2.05, 4.69) is 5.32 Å². The average Bonchev–Trinajstić information content (AvgIpc) is 3.26. The van der Waals surface area contributed by atoms with E-state index in [-0.39, 0.29) is 12.2 Å². The molecule has 1 aliphatic heterocycles. The van der Waals surface area contributed by atoms with Crippen LogP contribution in [0.15, 0.2) is 30.3 Å². The van der Waals surface area contributed by atoms with E-state index in [1.54, 1.807) is 30.3 Å². The van der Waals surface area contributed by atoms with Crippen molar-refractivity contribution in [3.8, 4) is 0 Å². The predicted octanol–water partition coefficient (Wildman–Crippen LogP) is 3.23.